The Balaban J connectivity index is 0.00000118. The van der Waals surface area contributed by atoms with E-state index in [9.17, 15) is 0 Å². The van der Waals surface area contributed by atoms with Crippen molar-refractivity contribution in [2.45, 2.75) is 47.0 Å². The van der Waals surface area contributed by atoms with Crippen LogP contribution in [0.15, 0.2) is 90.1 Å². The summed E-state index contributed by atoms with van der Waals surface area (Å²) in [5.74, 6) is 0.679. The summed E-state index contributed by atoms with van der Waals surface area (Å²) in [6.45, 7) is 12.0. The van der Waals surface area contributed by atoms with Gasteiger partial charge in [0.1, 0.15) is 5.76 Å². The van der Waals surface area contributed by atoms with Crippen LogP contribution in [0.25, 0.3) is 16.7 Å². The van der Waals surface area contributed by atoms with E-state index in [1.54, 1.807) is 13.3 Å². The molecule has 3 aromatic rings. The zero-order chi connectivity index (χ0) is 27.9. The van der Waals surface area contributed by atoms with Crippen LogP contribution in [0, 0.1) is 5.41 Å². The van der Waals surface area contributed by atoms with Crippen LogP contribution in [0.1, 0.15) is 52.5 Å². The second-order valence-electron chi connectivity index (χ2n) is 8.31. The van der Waals surface area contributed by atoms with Crippen LogP contribution in [0.2, 0.25) is 5.02 Å². The predicted octanol–water partition coefficient (Wildman–Crippen LogP) is 9.09. The zero-order valence-electron chi connectivity index (χ0n) is 22.9. The molecule has 0 fully saturated rings. The van der Waals surface area contributed by atoms with E-state index >= 15 is 0 Å². The average molecular weight is 532 g/mol. The third-order valence-electron chi connectivity index (χ3n) is 5.62. The maximum atomic E-state index is 7.58. The highest BCUT2D eigenvalue weighted by Crippen LogP contribution is 2.31. The largest absolute Gasteiger partial charge is 0.496 e. The van der Waals surface area contributed by atoms with Gasteiger partial charge in [-0.25, -0.2) is 0 Å². The van der Waals surface area contributed by atoms with Crippen molar-refractivity contribution in [3.63, 3.8) is 0 Å². The summed E-state index contributed by atoms with van der Waals surface area (Å²) in [7, 11) is 1.64. The molecular formula is C31H38ClN5O. The first-order chi connectivity index (χ1) is 18.5. The zero-order valence-corrected chi connectivity index (χ0v) is 23.7. The molecule has 3 rings (SSSR count). The molecule has 6 nitrogen and oxygen atoms in total. The molecule has 4 N–H and O–H groups in total. The van der Waals surface area contributed by atoms with Crippen molar-refractivity contribution in [3.8, 4) is 0 Å². The summed E-state index contributed by atoms with van der Waals surface area (Å²) in [5.41, 5.74) is 8.42. The van der Waals surface area contributed by atoms with E-state index < -0.39 is 0 Å². The number of aromatic amines is 1. The molecule has 1 heterocycles. The van der Waals surface area contributed by atoms with Crippen molar-refractivity contribution in [1.29, 1.82) is 5.41 Å². The SMILES string of the molecule is C=C=C(Nc1cccc(/C(=C/C(=C/CC)Nc2ccc3[nH]ncc3c2Cl)OC)c1)/C(C=N)=C/C.CCCC. The fourth-order valence-electron chi connectivity index (χ4n) is 3.42. The van der Waals surface area contributed by atoms with E-state index in [2.05, 4.69) is 60.0 Å². The van der Waals surface area contributed by atoms with Gasteiger partial charge in [0.2, 0.25) is 0 Å². The molecule has 0 bridgehead atoms. The number of halogens is 1. The molecule has 0 saturated heterocycles. The third-order valence-corrected chi connectivity index (χ3v) is 6.02. The van der Waals surface area contributed by atoms with E-state index in [1.165, 1.54) is 19.1 Å². The van der Waals surface area contributed by atoms with E-state index in [4.69, 9.17) is 21.7 Å². The number of aromatic nitrogens is 2. The van der Waals surface area contributed by atoms with E-state index in [1.807, 2.05) is 55.5 Å². The Morgan fingerprint density at radius 3 is 2.55 bits per heavy atom. The van der Waals surface area contributed by atoms with Gasteiger partial charge in [-0.1, -0.05) is 76.1 Å². The van der Waals surface area contributed by atoms with E-state index in [0.717, 1.165) is 40.0 Å². The molecule has 0 unspecified atom stereocenters. The summed E-state index contributed by atoms with van der Waals surface area (Å²) in [4.78, 5) is 0. The summed E-state index contributed by atoms with van der Waals surface area (Å²) in [6, 6.07) is 11.7. The lowest BCUT2D eigenvalue weighted by Crippen LogP contribution is -2.03. The predicted molar refractivity (Wildman–Crippen MR) is 164 cm³/mol. The lowest BCUT2D eigenvalue weighted by molar-refractivity contribution is 0.370. The maximum Gasteiger partial charge on any atom is 0.128 e. The summed E-state index contributed by atoms with van der Waals surface area (Å²) in [6.07, 6.45) is 12.3. The van der Waals surface area contributed by atoms with Gasteiger partial charge in [0.15, 0.2) is 0 Å². The van der Waals surface area contributed by atoms with Crippen molar-refractivity contribution < 1.29 is 4.74 Å². The number of rotatable bonds is 11. The standard InChI is InChI=1S/C27H28ClN5O.C4H10/c1-5-9-20(32-25-13-12-24-22(27(25)28)17-30-33-24)15-26(34-4)19-10-8-11-21(14-19)31-23(7-3)18(6-2)16-29;1-3-4-2/h6,8-17,29,31-32H,3,5H2,1-2,4H3,(H,30,33);3-4H2,1-2H3/b18-6+,20-9-,26-15-,29-16?;. The number of unbranched alkanes of at least 4 members (excludes halogenated alkanes) is 1. The minimum atomic E-state index is 0.599. The van der Waals surface area contributed by atoms with Crippen LogP contribution >= 0.6 is 11.6 Å². The summed E-state index contributed by atoms with van der Waals surface area (Å²) >= 11 is 6.60. The molecule has 200 valence electrons. The first-order valence-corrected chi connectivity index (χ1v) is 13.1. The number of anilines is 2. The van der Waals surface area contributed by atoms with Gasteiger partial charge in [0, 0.05) is 40.2 Å². The minimum Gasteiger partial charge on any atom is -0.496 e. The highest BCUT2D eigenvalue weighted by molar-refractivity contribution is 6.38. The van der Waals surface area contributed by atoms with Gasteiger partial charge in [0.25, 0.3) is 0 Å². The van der Waals surface area contributed by atoms with Crippen molar-refractivity contribution >= 4 is 45.9 Å². The second-order valence-corrected chi connectivity index (χ2v) is 8.69. The summed E-state index contributed by atoms with van der Waals surface area (Å²) < 4.78 is 5.74. The molecule has 0 aliphatic carbocycles. The van der Waals surface area contributed by atoms with Gasteiger partial charge >= 0.3 is 0 Å². The number of hydrogen-bond acceptors (Lipinski definition) is 5. The molecule has 0 amide bonds. The molecule has 1 aromatic heterocycles. The number of fused-ring (bicyclic) bond motifs is 1. The quantitative estimate of drug-likeness (QED) is 0.0859. The van der Waals surface area contributed by atoms with Crippen LogP contribution in [0.4, 0.5) is 11.4 Å². The Kier molecular flexibility index (Phi) is 12.7. The van der Waals surface area contributed by atoms with Crippen LogP contribution in [-0.4, -0.2) is 23.5 Å². The molecule has 7 heteroatoms. The molecule has 0 aliphatic heterocycles. The fourth-order valence-corrected chi connectivity index (χ4v) is 3.68. The molecule has 0 saturated carbocycles. The van der Waals surface area contributed by atoms with Gasteiger partial charge in [-0.15, -0.1) is 5.73 Å². The number of ether oxygens (including phenoxy) is 1. The molecule has 0 aliphatic rings. The van der Waals surface area contributed by atoms with Gasteiger partial charge in [0.05, 0.1) is 35.2 Å². The number of allylic oxidation sites excluding steroid dienone is 4. The highest BCUT2D eigenvalue weighted by Gasteiger charge is 2.10. The second kappa shape index (κ2) is 16.0. The number of methoxy groups -OCH3 is 1. The van der Waals surface area contributed by atoms with Crippen LogP contribution in [0.3, 0.4) is 0 Å². The van der Waals surface area contributed by atoms with Gasteiger partial charge in [-0.3, -0.25) is 5.10 Å². The molecule has 2 aromatic carbocycles. The van der Waals surface area contributed by atoms with E-state index in [-0.39, 0.29) is 0 Å². The van der Waals surface area contributed by atoms with Crippen LogP contribution in [0.5, 0.6) is 0 Å². The highest BCUT2D eigenvalue weighted by atomic mass is 35.5. The Labute approximate surface area is 231 Å². The van der Waals surface area contributed by atoms with Gasteiger partial charge in [-0.2, -0.15) is 5.10 Å². The van der Waals surface area contributed by atoms with Gasteiger partial charge < -0.3 is 20.8 Å². The van der Waals surface area contributed by atoms with Gasteiger partial charge in [-0.05, 0) is 37.6 Å². The Hall–Kier alpha value is -3.99. The lowest BCUT2D eigenvalue weighted by Gasteiger charge is -2.14. The fraction of sp³-hybridized carbons (Fsp3) is 0.258. The Bertz CT molecular complexity index is 1360. The van der Waals surface area contributed by atoms with Crippen molar-refractivity contribution in [2.24, 2.45) is 0 Å². The molecule has 38 heavy (non-hydrogen) atoms. The van der Waals surface area contributed by atoms with Crippen molar-refractivity contribution in [3.05, 3.63) is 101 Å². The van der Waals surface area contributed by atoms with Crippen molar-refractivity contribution in [2.75, 3.05) is 17.7 Å². The Morgan fingerprint density at radius 1 is 1.18 bits per heavy atom. The molecular weight excluding hydrogens is 494 g/mol. The number of nitrogens with one attached hydrogen (secondary N) is 4. The monoisotopic (exact) mass is 531 g/mol. The molecule has 0 radical (unpaired) electrons. The average Bonchev–Trinajstić information content (AvgIpc) is 3.43. The number of hydrogen-bond donors (Lipinski definition) is 4. The number of benzene rings is 2. The molecule has 0 atom stereocenters. The Morgan fingerprint density at radius 2 is 1.95 bits per heavy atom. The van der Waals surface area contributed by atoms with Crippen LogP contribution in [-0.2, 0) is 4.74 Å². The molecule has 0 spiro atoms. The maximum absolute atomic E-state index is 7.58. The third kappa shape index (κ3) is 8.27. The normalized spacial score (nSPS) is 11.8. The van der Waals surface area contributed by atoms with Crippen molar-refractivity contribution in [1.82, 2.24) is 10.2 Å². The topological polar surface area (TPSA) is 85.8 Å². The first-order valence-electron chi connectivity index (χ1n) is 12.7. The minimum absolute atomic E-state index is 0.599. The number of nitrogens with zero attached hydrogens (tertiary/aromatic N) is 1. The first kappa shape index (κ1) is 30.2. The number of H-pyrrole nitrogens is 1. The summed E-state index contributed by atoms with van der Waals surface area (Å²) in [5, 5.41) is 22.7. The lowest BCUT2D eigenvalue weighted by atomic mass is 10.1. The smallest absolute Gasteiger partial charge is 0.128 e. The van der Waals surface area contributed by atoms with Crippen LogP contribution < -0.4 is 10.6 Å². The van der Waals surface area contributed by atoms with E-state index in [0.29, 0.717) is 22.1 Å².